The topological polar surface area (TPSA) is 38.3 Å². The van der Waals surface area contributed by atoms with Gasteiger partial charge in [-0.2, -0.15) is 0 Å². The van der Waals surface area contributed by atoms with Gasteiger partial charge in [0, 0.05) is 13.2 Å². The summed E-state index contributed by atoms with van der Waals surface area (Å²) in [6.45, 7) is 3.89. The molecule has 0 heterocycles. The normalized spacial score (nSPS) is 20.2. The molecular weight excluding hydrogens is 178 g/mol. The van der Waals surface area contributed by atoms with E-state index in [0.717, 1.165) is 18.8 Å². The van der Waals surface area contributed by atoms with Crippen LogP contribution in [0.25, 0.3) is 0 Å². The van der Waals surface area contributed by atoms with Crippen molar-refractivity contribution in [3.05, 3.63) is 0 Å². The van der Waals surface area contributed by atoms with Gasteiger partial charge in [-0.15, -0.1) is 0 Å². The minimum absolute atomic E-state index is 0.0139. The zero-order valence-electron chi connectivity index (χ0n) is 9.38. The number of ether oxygens (including phenoxy) is 1. The smallest absolute Gasteiger partial charge is 0.249 e. The van der Waals surface area contributed by atoms with Crippen LogP contribution in [0.5, 0.6) is 0 Å². The van der Waals surface area contributed by atoms with Gasteiger partial charge < -0.3 is 10.1 Å². The Bertz CT molecular complexity index is 190. The molecule has 1 fully saturated rings. The third-order valence-corrected chi connectivity index (χ3v) is 2.88. The van der Waals surface area contributed by atoms with Gasteiger partial charge >= 0.3 is 0 Å². The number of methoxy groups -OCH3 is 1. The summed E-state index contributed by atoms with van der Waals surface area (Å²) in [5.74, 6) is 0.873. The second-order valence-electron chi connectivity index (χ2n) is 4.17. The lowest BCUT2D eigenvalue weighted by molar-refractivity contribution is -0.130. The predicted octanol–water partition coefficient (Wildman–Crippen LogP) is 1.72. The van der Waals surface area contributed by atoms with E-state index in [2.05, 4.69) is 12.2 Å². The van der Waals surface area contributed by atoms with Crippen LogP contribution in [0.4, 0.5) is 0 Å². The second kappa shape index (κ2) is 5.35. The first-order valence-electron chi connectivity index (χ1n) is 5.50. The Morgan fingerprint density at radius 2 is 2.21 bits per heavy atom. The molecule has 0 spiro atoms. The molecule has 2 atom stereocenters. The first-order valence-corrected chi connectivity index (χ1v) is 5.50. The third-order valence-electron chi connectivity index (χ3n) is 2.88. The first-order chi connectivity index (χ1) is 6.67. The van der Waals surface area contributed by atoms with Crippen LogP contribution in [0.1, 0.15) is 39.5 Å². The van der Waals surface area contributed by atoms with Crippen molar-refractivity contribution in [2.75, 3.05) is 7.11 Å². The van der Waals surface area contributed by atoms with Gasteiger partial charge in [0.05, 0.1) is 0 Å². The molecule has 0 saturated heterocycles. The fraction of sp³-hybridized carbons (Fsp3) is 0.909. The maximum absolute atomic E-state index is 11.5. The van der Waals surface area contributed by atoms with Crippen LogP contribution in [0.2, 0.25) is 0 Å². The van der Waals surface area contributed by atoms with Crippen LogP contribution in [-0.2, 0) is 9.53 Å². The molecule has 0 bridgehead atoms. The molecule has 0 radical (unpaired) electrons. The molecule has 3 heteroatoms. The Kier molecular flexibility index (Phi) is 4.39. The van der Waals surface area contributed by atoms with Crippen molar-refractivity contribution in [3.8, 4) is 0 Å². The van der Waals surface area contributed by atoms with Gasteiger partial charge in [0.1, 0.15) is 6.10 Å². The number of carbonyl (C=O) groups excluding carboxylic acids is 1. The lowest BCUT2D eigenvalue weighted by atomic mass is 10.1. The van der Waals surface area contributed by atoms with Crippen molar-refractivity contribution in [3.63, 3.8) is 0 Å². The Morgan fingerprint density at radius 1 is 1.57 bits per heavy atom. The highest BCUT2D eigenvalue weighted by atomic mass is 16.5. The number of nitrogens with one attached hydrogen (secondary N) is 1. The Balaban J connectivity index is 2.26. The molecule has 1 saturated carbocycles. The third kappa shape index (κ3) is 3.66. The van der Waals surface area contributed by atoms with Gasteiger partial charge in [0.25, 0.3) is 0 Å². The maximum atomic E-state index is 11.5. The summed E-state index contributed by atoms with van der Waals surface area (Å²) < 4.78 is 4.97. The fourth-order valence-electron chi connectivity index (χ4n) is 1.51. The molecule has 1 N–H and O–H groups in total. The number of amides is 1. The molecule has 0 aromatic heterocycles. The maximum Gasteiger partial charge on any atom is 0.249 e. The summed E-state index contributed by atoms with van der Waals surface area (Å²) in [6, 6.07) is 0.340. The van der Waals surface area contributed by atoms with Gasteiger partial charge in [-0.1, -0.05) is 19.8 Å². The molecule has 1 aliphatic carbocycles. The molecular formula is C11H21NO2. The standard InChI is InChI=1S/C11H21NO2/c1-4-10(7-9-5-6-9)12-11(13)8(2)14-3/h8-10H,4-7H2,1-3H3,(H,12,13). The fourth-order valence-corrected chi connectivity index (χ4v) is 1.51. The van der Waals surface area contributed by atoms with E-state index in [1.807, 2.05) is 0 Å². The van der Waals surface area contributed by atoms with E-state index in [9.17, 15) is 4.79 Å². The molecule has 0 aliphatic heterocycles. The minimum Gasteiger partial charge on any atom is -0.372 e. The molecule has 82 valence electrons. The molecule has 1 aliphatic rings. The van der Waals surface area contributed by atoms with Crippen LogP contribution in [0.15, 0.2) is 0 Å². The van der Waals surface area contributed by atoms with Crippen molar-refractivity contribution in [2.45, 2.75) is 51.7 Å². The van der Waals surface area contributed by atoms with Gasteiger partial charge in [-0.3, -0.25) is 4.79 Å². The average molecular weight is 199 g/mol. The zero-order valence-corrected chi connectivity index (χ0v) is 9.38. The van der Waals surface area contributed by atoms with Crippen molar-refractivity contribution >= 4 is 5.91 Å². The van der Waals surface area contributed by atoms with Crippen LogP contribution < -0.4 is 5.32 Å². The summed E-state index contributed by atoms with van der Waals surface area (Å²) in [5, 5.41) is 3.02. The predicted molar refractivity (Wildman–Crippen MR) is 56.0 cm³/mol. The zero-order chi connectivity index (χ0) is 10.6. The highest BCUT2D eigenvalue weighted by molar-refractivity contribution is 5.80. The molecule has 3 nitrogen and oxygen atoms in total. The van der Waals surface area contributed by atoms with Crippen LogP contribution in [0.3, 0.4) is 0 Å². The molecule has 1 amide bonds. The van der Waals surface area contributed by atoms with E-state index >= 15 is 0 Å². The first kappa shape index (κ1) is 11.5. The van der Waals surface area contributed by atoms with Crippen LogP contribution in [0, 0.1) is 5.92 Å². The number of hydrogen-bond donors (Lipinski definition) is 1. The SMILES string of the molecule is CCC(CC1CC1)NC(=O)C(C)OC. The van der Waals surface area contributed by atoms with Crippen LogP contribution in [-0.4, -0.2) is 25.2 Å². The summed E-state index contributed by atoms with van der Waals surface area (Å²) in [6.07, 6.45) is 4.50. The van der Waals surface area contributed by atoms with Gasteiger partial charge in [-0.05, 0) is 25.7 Å². The Labute approximate surface area is 86.2 Å². The van der Waals surface area contributed by atoms with Crippen molar-refractivity contribution in [1.29, 1.82) is 0 Å². The summed E-state index contributed by atoms with van der Waals surface area (Å²) >= 11 is 0. The quantitative estimate of drug-likeness (QED) is 0.707. The van der Waals surface area contributed by atoms with Crippen molar-refractivity contribution < 1.29 is 9.53 Å². The number of carbonyl (C=O) groups is 1. The van der Waals surface area contributed by atoms with Gasteiger partial charge in [0.2, 0.25) is 5.91 Å². The Hall–Kier alpha value is -0.570. The van der Waals surface area contributed by atoms with E-state index in [1.54, 1.807) is 14.0 Å². The lowest BCUT2D eigenvalue weighted by Crippen LogP contribution is -2.41. The second-order valence-corrected chi connectivity index (χ2v) is 4.17. The van der Waals surface area contributed by atoms with Crippen LogP contribution >= 0.6 is 0 Å². The average Bonchev–Trinajstić information content (AvgIpc) is 2.99. The minimum atomic E-state index is -0.330. The molecule has 14 heavy (non-hydrogen) atoms. The number of hydrogen-bond acceptors (Lipinski definition) is 2. The van der Waals surface area contributed by atoms with E-state index in [-0.39, 0.29) is 12.0 Å². The largest absolute Gasteiger partial charge is 0.372 e. The summed E-state index contributed by atoms with van der Waals surface area (Å²) in [7, 11) is 1.56. The molecule has 0 aromatic carbocycles. The lowest BCUT2D eigenvalue weighted by Gasteiger charge is -2.18. The highest BCUT2D eigenvalue weighted by Crippen LogP contribution is 2.33. The Morgan fingerprint density at radius 3 is 2.64 bits per heavy atom. The molecule has 1 rings (SSSR count). The van der Waals surface area contributed by atoms with Gasteiger partial charge in [-0.25, -0.2) is 0 Å². The van der Waals surface area contributed by atoms with Crippen molar-refractivity contribution in [2.24, 2.45) is 5.92 Å². The molecule has 2 unspecified atom stereocenters. The van der Waals surface area contributed by atoms with E-state index in [4.69, 9.17) is 4.74 Å². The summed E-state index contributed by atoms with van der Waals surface area (Å²) in [5.41, 5.74) is 0. The van der Waals surface area contributed by atoms with E-state index in [0.29, 0.717) is 6.04 Å². The summed E-state index contributed by atoms with van der Waals surface area (Å²) in [4.78, 5) is 11.5. The van der Waals surface area contributed by atoms with E-state index < -0.39 is 0 Å². The van der Waals surface area contributed by atoms with Crippen molar-refractivity contribution in [1.82, 2.24) is 5.32 Å². The number of rotatable bonds is 6. The van der Waals surface area contributed by atoms with Gasteiger partial charge in [0.15, 0.2) is 0 Å². The van der Waals surface area contributed by atoms with E-state index in [1.165, 1.54) is 12.8 Å². The highest BCUT2D eigenvalue weighted by Gasteiger charge is 2.26. The monoisotopic (exact) mass is 199 g/mol. The molecule has 0 aromatic rings.